The lowest BCUT2D eigenvalue weighted by atomic mass is 9.93. The normalized spacial score (nSPS) is 19.3. The van der Waals surface area contributed by atoms with E-state index < -0.39 is 0 Å². The molecule has 1 aliphatic rings. The molecular weight excluding hydrogens is 276 g/mol. The molecule has 0 bridgehead atoms. The summed E-state index contributed by atoms with van der Waals surface area (Å²) in [4.78, 5) is 6.33. The van der Waals surface area contributed by atoms with Crippen LogP contribution in [0.3, 0.4) is 0 Å². The summed E-state index contributed by atoms with van der Waals surface area (Å²) >= 11 is 1.88. The van der Waals surface area contributed by atoms with Crippen LogP contribution in [0.25, 0.3) is 0 Å². The van der Waals surface area contributed by atoms with Crippen molar-refractivity contribution in [3.8, 4) is 0 Å². The Balaban J connectivity index is 1.77. The molecule has 0 saturated carbocycles. The Morgan fingerprint density at radius 3 is 2.95 bits per heavy atom. The molecule has 2 unspecified atom stereocenters. The topological polar surface area (TPSA) is 38.9 Å². The van der Waals surface area contributed by atoms with E-state index in [-0.39, 0.29) is 6.04 Å². The monoisotopic (exact) mass is 300 g/mol. The third-order valence-corrected chi connectivity index (χ3v) is 5.59. The molecule has 3 rings (SSSR count). The van der Waals surface area contributed by atoms with E-state index >= 15 is 0 Å². The van der Waals surface area contributed by atoms with Gasteiger partial charge in [0, 0.05) is 17.3 Å². The number of fused-ring (bicyclic) bond motifs is 1. The first kappa shape index (κ1) is 14.7. The Labute approximate surface area is 131 Å². The van der Waals surface area contributed by atoms with E-state index in [4.69, 9.17) is 10.7 Å². The number of rotatable bonds is 3. The highest BCUT2D eigenvalue weighted by atomic mass is 32.1. The minimum atomic E-state index is 0.0515. The number of nitrogens with two attached hydrogens (primary N) is 1. The van der Waals surface area contributed by atoms with E-state index in [1.54, 1.807) is 0 Å². The largest absolute Gasteiger partial charge is 0.324 e. The molecule has 1 aromatic heterocycles. The Morgan fingerprint density at radius 2 is 2.19 bits per heavy atom. The van der Waals surface area contributed by atoms with Crippen LogP contribution < -0.4 is 5.73 Å². The summed E-state index contributed by atoms with van der Waals surface area (Å²) in [6, 6.07) is 6.58. The standard InChI is InChI=1S/C18H24N2S/c1-11-4-6-14(13(3)8-11)15(19)10-18-20-16-7-5-12(2)9-17(16)21-18/h4,6,8,12,15H,5,7,9-10,19H2,1-3H3. The average Bonchev–Trinajstić information content (AvgIpc) is 2.79. The Bertz CT molecular complexity index is 645. The molecule has 21 heavy (non-hydrogen) atoms. The van der Waals surface area contributed by atoms with Gasteiger partial charge < -0.3 is 5.73 Å². The summed E-state index contributed by atoms with van der Waals surface area (Å²) in [6.07, 6.45) is 4.48. The summed E-state index contributed by atoms with van der Waals surface area (Å²) in [5.41, 5.74) is 11.6. The van der Waals surface area contributed by atoms with Crippen LogP contribution in [-0.2, 0) is 19.3 Å². The number of aromatic nitrogens is 1. The Kier molecular flexibility index (Phi) is 4.14. The zero-order valence-corrected chi connectivity index (χ0v) is 14.0. The SMILES string of the molecule is Cc1ccc(C(N)Cc2nc3c(s2)CC(C)CC3)c(C)c1. The molecule has 1 aliphatic carbocycles. The van der Waals surface area contributed by atoms with E-state index in [9.17, 15) is 0 Å². The molecule has 0 aliphatic heterocycles. The highest BCUT2D eigenvalue weighted by Crippen LogP contribution is 2.31. The molecule has 2 N–H and O–H groups in total. The predicted molar refractivity (Wildman–Crippen MR) is 89.9 cm³/mol. The van der Waals surface area contributed by atoms with Gasteiger partial charge in [0.05, 0.1) is 10.7 Å². The van der Waals surface area contributed by atoms with Crippen molar-refractivity contribution in [1.29, 1.82) is 0 Å². The maximum Gasteiger partial charge on any atom is 0.0950 e. The molecule has 0 fully saturated rings. The smallest absolute Gasteiger partial charge is 0.0950 e. The first-order valence-corrected chi connectivity index (χ1v) is 8.64. The fraction of sp³-hybridized carbons (Fsp3) is 0.500. The van der Waals surface area contributed by atoms with Crippen LogP contribution in [0.1, 0.15) is 51.7 Å². The minimum Gasteiger partial charge on any atom is -0.324 e. The van der Waals surface area contributed by atoms with Crippen molar-refractivity contribution in [1.82, 2.24) is 4.98 Å². The molecule has 112 valence electrons. The second-order valence-corrected chi connectivity index (χ2v) is 7.66. The van der Waals surface area contributed by atoms with E-state index in [2.05, 4.69) is 39.0 Å². The molecule has 3 heteroatoms. The number of thiazole rings is 1. The first-order valence-electron chi connectivity index (χ1n) is 7.83. The van der Waals surface area contributed by atoms with Gasteiger partial charge in [0.2, 0.25) is 0 Å². The molecular formula is C18H24N2S. The van der Waals surface area contributed by atoms with Gasteiger partial charge in [-0.3, -0.25) is 0 Å². The lowest BCUT2D eigenvalue weighted by molar-refractivity contribution is 0.501. The number of aryl methyl sites for hydroxylation is 3. The second kappa shape index (κ2) is 5.90. The predicted octanol–water partition coefficient (Wildman–Crippen LogP) is 4.13. The van der Waals surface area contributed by atoms with E-state index in [0.717, 1.165) is 18.8 Å². The molecule has 0 radical (unpaired) electrons. The van der Waals surface area contributed by atoms with Crippen LogP contribution in [0.5, 0.6) is 0 Å². The maximum atomic E-state index is 6.43. The van der Waals surface area contributed by atoms with Gasteiger partial charge in [0.25, 0.3) is 0 Å². The molecule has 1 aromatic carbocycles. The Hall–Kier alpha value is -1.19. The van der Waals surface area contributed by atoms with Crippen molar-refractivity contribution in [2.75, 3.05) is 0 Å². The van der Waals surface area contributed by atoms with Crippen molar-refractivity contribution < 1.29 is 0 Å². The van der Waals surface area contributed by atoms with Gasteiger partial charge in [-0.25, -0.2) is 4.98 Å². The van der Waals surface area contributed by atoms with Gasteiger partial charge in [0.1, 0.15) is 0 Å². The average molecular weight is 300 g/mol. The number of nitrogens with zero attached hydrogens (tertiary/aromatic N) is 1. The Morgan fingerprint density at radius 1 is 1.38 bits per heavy atom. The van der Waals surface area contributed by atoms with Gasteiger partial charge in [0.15, 0.2) is 0 Å². The summed E-state index contributed by atoms with van der Waals surface area (Å²) in [7, 11) is 0. The minimum absolute atomic E-state index is 0.0515. The maximum absolute atomic E-state index is 6.43. The van der Waals surface area contributed by atoms with Gasteiger partial charge in [-0.15, -0.1) is 11.3 Å². The van der Waals surface area contributed by atoms with Crippen LogP contribution in [0.4, 0.5) is 0 Å². The molecule has 0 amide bonds. The van der Waals surface area contributed by atoms with Crippen LogP contribution in [0.15, 0.2) is 18.2 Å². The summed E-state index contributed by atoms with van der Waals surface area (Å²) < 4.78 is 0. The molecule has 1 heterocycles. The van der Waals surface area contributed by atoms with Crippen molar-refractivity contribution in [3.63, 3.8) is 0 Å². The summed E-state index contributed by atoms with van der Waals surface area (Å²) in [5, 5.41) is 1.21. The molecule has 2 atom stereocenters. The summed E-state index contributed by atoms with van der Waals surface area (Å²) in [6.45, 7) is 6.61. The molecule has 2 nitrogen and oxygen atoms in total. The van der Waals surface area contributed by atoms with Crippen molar-refractivity contribution >= 4 is 11.3 Å². The number of hydrogen-bond donors (Lipinski definition) is 1. The van der Waals surface area contributed by atoms with E-state index in [0.29, 0.717) is 0 Å². The zero-order valence-electron chi connectivity index (χ0n) is 13.1. The van der Waals surface area contributed by atoms with Gasteiger partial charge in [-0.05, 0) is 50.2 Å². The lowest BCUT2D eigenvalue weighted by Gasteiger charge is -2.15. The van der Waals surface area contributed by atoms with Crippen LogP contribution >= 0.6 is 11.3 Å². The first-order chi connectivity index (χ1) is 10.0. The highest BCUT2D eigenvalue weighted by molar-refractivity contribution is 7.11. The fourth-order valence-electron chi connectivity index (χ4n) is 3.22. The third kappa shape index (κ3) is 3.19. The van der Waals surface area contributed by atoms with Crippen molar-refractivity contribution in [3.05, 3.63) is 50.5 Å². The van der Waals surface area contributed by atoms with Crippen LogP contribution in [0.2, 0.25) is 0 Å². The summed E-state index contributed by atoms with van der Waals surface area (Å²) in [5.74, 6) is 0.804. The third-order valence-electron chi connectivity index (χ3n) is 4.45. The number of benzene rings is 1. The quantitative estimate of drug-likeness (QED) is 0.925. The fourth-order valence-corrected chi connectivity index (χ4v) is 4.56. The molecule has 0 saturated heterocycles. The van der Waals surface area contributed by atoms with Crippen LogP contribution in [0, 0.1) is 19.8 Å². The second-order valence-electron chi connectivity index (χ2n) is 6.50. The van der Waals surface area contributed by atoms with Gasteiger partial charge in [-0.1, -0.05) is 30.7 Å². The zero-order chi connectivity index (χ0) is 15.0. The molecule has 0 spiro atoms. The van der Waals surface area contributed by atoms with E-state index in [1.807, 2.05) is 11.3 Å². The van der Waals surface area contributed by atoms with Crippen molar-refractivity contribution in [2.24, 2.45) is 11.7 Å². The highest BCUT2D eigenvalue weighted by Gasteiger charge is 2.21. The van der Waals surface area contributed by atoms with Crippen molar-refractivity contribution in [2.45, 2.75) is 52.5 Å². The van der Waals surface area contributed by atoms with Crippen LogP contribution in [-0.4, -0.2) is 4.98 Å². The number of hydrogen-bond acceptors (Lipinski definition) is 3. The van der Waals surface area contributed by atoms with Gasteiger partial charge in [-0.2, -0.15) is 0 Å². The molecule has 2 aromatic rings. The van der Waals surface area contributed by atoms with E-state index in [1.165, 1.54) is 45.1 Å². The van der Waals surface area contributed by atoms with Gasteiger partial charge >= 0.3 is 0 Å². The lowest BCUT2D eigenvalue weighted by Crippen LogP contribution is -2.14.